The van der Waals surface area contributed by atoms with Crippen LogP contribution in [0.25, 0.3) is 6.08 Å². The molecular formula is C9H10N2. The summed E-state index contributed by atoms with van der Waals surface area (Å²) in [4.78, 5) is 6.42. The zero-order valence-corrected chi connectivity index (χ0v) is 6.49. The highest BCUT2D eigenvalue weighted by molar-refractivity contribution is 5.67. The fourth-order valence-electron chi connectivity index (χ4n) is 1.28. The van der Waals surface area contributed by atoms with E-state index in [1.165, 1.54) is 5.69 Å². The predicted molar refractivity (Wildman–Crippen MR) is 46.5 cm³/mol. The first kappa shape index (κ1) is 6.40. The van der Waals surface area contributed by atoms with Crippen molar-refractivity contribution in [2.75, 3.05) is 18.5 Å². The molecule has 0 amide bonds. The topological polar surface area (TPSA) is 16.1 Å². The second-order valence-corrected chi connectivity index (χ2v) is 2.69. The molecule has 1 aliphatic rings. The van der Waals surface area contributed by atoms with Gasteiger partial charge in [-0.2, -0.15) is 0 Å². The molecule has 1 aromatic heterocycles. The summed E-state index contributed by atoms with van der Waals surface area (Å²) in [5.74, 6) is 0. The third-order valence-corrected chi connectivity index (χ3v) is 1.88. The maximum atomic E-state index is 4.24. The molecular weight excluding hydrogens is 136 g/mol. The van der Waals surface area contributed by atoms with Crippen LogP contribution in [0.3, 0.4) is 0 Å². The average Bonchev–Trinajstić information content (AvgIpc) is 2.06. The average molecular weight is 146 g/mol. The molecule has 0 fully saturated rings. The van der Waals surface area contributed by atoms with E-state index in [9.17, 15) is 0 Å². The van der Waals surface area contributed by atoms with Crippen molar-refractivity contribution in [2.45, 2.75) is 0 Å². The number of rotatable bonds is 0. The Balaban J connectivity index is 2.54. The van der Waals surface area contributed by atoms with E-state index < -0.39 is 0 Å². The standard InChI is InChI=1S/C9H10N2/c1-11-7-3-4-8-9(11)5-2-6-10-8/h2-6H,7H2,1H3. The first-order chi connectivity index (χ1) is 5.38. The first-order valence-electron chi connectivity index (χ1n) is 3.70. The smallest absolute Gasteiger partial charge is 0.0860 e. The molecule has 2 rings (SSSR count). The second kappa shape index (κ2) is 2.38. The number of likely N-dealkylation sites (N-methyl/N-ethyl adjacent to an activating group) is 1. The van der Waals surface area contributed by atoms with Gasteiger partial charge in [0.15, 0.2) is 0 Å². The number of aromatic nitrogens is 1. The molecule has 0 unspecified atom stereocenters. The first-order valence-corrected chi connectivity index (χ1v) is 3.70. The summed E-state index contributed by atoms with van der Waals surface area (Å²) in [7, 11) is 2.07. The van der Waals surface area contributed by atoms with E-state index in [1.807, 2.05) is 12.3 Å². The van der Waals surface area contributed by atoms with E-state index in [1.54, 1.807) is 0 Å². The fraction of sp³-hybridized carbons (Fsp3) is 0.222. The van der Waals surface area contributed by atoms with Crippen LogP contribution in [0.1, 0.15) is 5.69 Å². The van der Waals surface area contributed by atoms with Crippen LogP contribution >= 0.6 is 0 Å². The zero-order chi connectivity index (χ0) is 7.68. The van der Waals surface area contributed by atoms with Crippen LogP contribution in [0.2, 0.25) is 0 Å². The Labute approximate surface area is 66.2 Å². The van der Waals surface area contributed by atoms with E-state index in [0.717, 1.165) is 12.2 Å². The van der Waals surface area contributed by atoms with Crippen molar-refractivity contribution in [2.24, 2.45) is 0 Å². The van der Waals surface area contributed by atoms with Crippen molar-refractivity contribution in [3.05, 3.63) is 30.1 Å². The van der Waals surface area contributed by atoms with Crippen molar-refractivity contribution in [1.82, 2.24) is 4.98 Å². The van der Waals surface area contributed by atoms with Gasteiger partial charge in [-0.15, -0.1) is 0 Å². The van der Waals surface area contributed by atoms with E-state index in [2.05, 4.69) is 35.1 Å². The number of hydrogen-bond acceptors (Lipinski definition) is 2. The lowest BCUT2D eigenvalue weighted by Gasteiger charge is -2.21. The molecule has 0 saturated heterocycles. The van der Waals surface area contributed by atoms with Gasteiger partial charge < -0.3 is 4.90 Å². The van der Waals surface area contributed by atoms with Crippen LogP contribution in [-0.4, -0.2) is 18.6 Å². The van der Waals surface area contributed by atoms with Crippen LogP contribution in [0.4, 0.5) is 5.69 Å². The lowest BCUT2D eigenvalue weighted by Crippen LogP contribution is -2.20. The highest BCUT2D eigenvalue weighted by Gasteiger charge is 2.07. The molecule has 0 aliphatic carbocycles. The molecule has 0 aromatic carbocycles. The summed E-state index contributed by atoms with van der Waals surface area (Å²) in [6.45, 7) is 0.985. The lowest BCUT2D eigenvalue weighted by atomic mass is 10.2. The van der Waals surface area contributed by atoms with Crippen LogP contribution < -0.4 is 4.90 Å². The van der Waals surface area contributed by atoms with Gasteiger partial charge in [-0.05, 0) is 18.2 Å². The zero-order valence-electron chi connectivity index (χ0n) is 6.49. The third-order valence-electron chi connectivity index (χ3n) is 1.88. The van der Waals surface area contributed by atoms with E-state index in [0.29, 0.717) is 0 Å². The van der Waals surface area contributed by atoms with Crippen molar-refractivity contribution in [3.8, 4) is 0 Å². The van der Waals surface area contributed by atoms with E-state index in [-0.39, 0.29) is 0 Å². The largest absolute Gasteiger partial charge is 0.369 e. The van der Waals surface area contributed by atoms with Gasteiger partial charge in [0.05, 0.1) is 11.4 Å². The van der Waals surface area contributed by atoms with Crippen molar-refractivity contribution >= 4 is 11.8 Å². The van der Waals surface area contributed by atoms with Gasteiger partial charge in [-0.25, -0.2) is 0 Å². The second-order valence-electron chi connectivity index (χ2n) is 2.69. The van der Waals surface area contributed by atoms with Gasteiger partial charge >= 0.3 is 0 Å². The van der Waals surface area contributed by atoms with Crippen LogP contribution in [-0.2, 0) is 0 Å². The molecule has 1 aliphatic heterocycles. The molecule has 2 heteroatoms. The summed E-state index contributed by atoms with van der Waals surface area (Å²) >= 11 is 0. The third kappa shape index (κ3) is 1.00. The number of pyridine rings is 1. The Bertz CT molecular complexity index is 291. The van der Waals surface area contributed by atoms with Gasteiger partial charge in [0.25, 0.3) is 0 Å². The summed E-state index contributed by atoms with van der Waals surface area (Å²) in [5, 5.41) is 0. The molecule has 0 bridgehead atoms. The summed E-state index contributed by atoms with van der Waals surface area (Å²) in [6, 6.07) is 4.06. The molecule has 2 heterocycles. The minimum absolute atomic E-state index is 0.985. The minimum Gasteiger partial charge on any atom is -0.369 e. The number of fused-ring (bicyclic) bond motifs is 1. The Kier molecular flexibility index (Phi) is 1.39. The number of nitrogens with zero attached hydrogens (tertiary/aromatic N) is 2. The molecule has 0 saturated carbocycles. The van der Waals surface area contributed by atoms with Crippen molar-refractivity contribution < 1.29 is 0 Å². The maximum absolute atomic E-state index is 4.24. The van der Waals surface area contributed by atoms with Gasteiger partial charge in [0.1, 0.15) is 0 Å². The molecule has 0 spiro atoms. The Hall–Kier alpha value is -1.31. The van der Waals surface area contributed by atoms with Crippen LogP contribution in [0.15, 0.2) is 24.4 Å². The number of anilines is 1. The van der Waals surface area contributed by atoms with Gasteiger partial charge in [0, 0.05) is 19.8 Å². The van der Waals surface area contributed by atoms with Gasteiger partial charge in [0.2, 0.25) is 0 Å². The summed E-state index contributed by atoms with van der Waals surface area (Å²) < 4.78 is 0. The fourth-order valence-corrected chi connectivity index (χ4v) is 1.28. The lowest BCUT2D eigenvalue weighted by molar-refractivity contribution is 1.00. The Morgan fingerprint density at radius 3 is 3.27 bits per heavy atom. The molecule has 2 nitrogen and oxygen atoms in total. The monoisotopic (exact) mass is 146 g/mol. The Morgan fingerprint density at radius 2 is 2.45 bits per heavy atom. The summed E-state index contributed by atoms with van der Waals surface area (Å²) in [5.41, 5.74) is 2.29. The number of hydrogen-bond donors (Lipinski definition) is 0. The minimum atomic E-state index is 0.985. The molecule has 56 valence electrons. The highest BCUT2D eigenvalue weighted by atomic mass is 15.1. The molecule has 0 radical (unpaired) electrons. The maximum Gasteiger partial charge on any atom is 0.0860 e. The molecule has 0 N–H and O–H groups in total. The Morgan fingerprint density at radius 1 is 1.55 bits per heavy atom. The predicted octanol–water partition coefficient (Wildman–Crippen LogP) is 1.54. The molecule has 11 heavy (non-hydrogen) atoms. The van der Waals surface area contributed by atoms with Crippen molar-refractivity contribution in [3.63, 3.8) is 0 Å². The normalized spacial score (nSPS) is 14.8. The quantitative estimate of drug-likeness (QED) is 0.552. The van der Waals surface area contributed by atoms with Gasteiger partial charge in [-0.3, -0.25) is 4.98 Å². The van der Waals surface area contributed by atoms with E-state index >= 15 is 0 Å². The van der Waals surface area contributed by atoms with Crippen LogP contribution in [0, 0.1) is 0 Å². The summed E-state index contributed by atoms with van der Waals surface area (Å²) in [6.07, 6.45) is 6.01. The highest BCUT2D eigenvalue weighted by Crippen LogP contribution is 2.21. The molecule has 0 atom stereocenters. The van der Waals surface area contributed by atoms with Gasteiger partial charge in [-0.1, -0.05) is 6.08 Å². The van der Waals surface area contributed by atoms with Crippen molar-refractivity contribution in [1.29, 1.82) is 0 Å². The van der Waals surface area contributed by atoms with Crippen LogP contribution in [0.5, 0.6) is 0 Å². The molecule has 1 aromatic rings. The SMILES string of the molecule is CN1CC=Cc2ncccc21. The van der Waals surface area contributed by atoms with E-state index in [4.69, 9.17) is 0 Å².